The molecule has 12 heteroatoms. The van der Waals surface area contributed by atoms with Crippen LogP contribution in [0.3, 0.4) is 0 Å². The van der Waals surface area contributed by atoms with Gasteiger partial charge in [-0.25, -0.2) is 9.78 Å². The summed E-state index contributed by atoms with van der Waals surface area (Å²) < 4.78 is 42.4. The molecule has 0 aliphatic heterocycles. The number of anilines is 1. The molecule has 0 unspecified atom stereocenters. The molecule has 1 N–H and O–H groups in total. The molecular formula is C16H15F3N6O3. The van der Waals surface area contributed by atoms with Gasteiger partial charge in [0.05, 0.1) is 22.8 Å². The number of fused-ring (bicyclic) bond motifs is 1. The van der Waals surface area contributed by atoms with Gasteiger partial charge in [0.15, 0.2) is 5.69 Å². The van der Waals surface area contributed by atoms with Crippen LogP contribution in [0.5, 0.6) is 0 Å². The van der Waals surface area contributed by atoms with Crippen LogP contribution in [0.4, 0.5) is 18.9 Å². The first kappa shape index (κ1) is 19.3. The zero-order valence-electron chi connectivity index (χ0n) is 15.0. The fraction of sp³-hybridized carbons (Fsp3) is 0.312. The highest BCUT2D eigenvalue weighted by Gasteiger charge is 2.39. The quantitative estimate of drug-likeness (QED) is 0.715. The molecule has 0 aliphatic carbocycles. The maximum atomic E-state index is 13.1. The summed E-state index contributed by atoms with van der Waals surface area (Å²) in [6, 6.07) is 1.25. The number of rotatable bonds is 3. The molecule has 3 heterocycles. The minimum Gasteiger partial charge on any atom is -0.320 e. The van der Waals surface area contributed by atoms with Gasteiger partial charge in [-0.15, -0.1) is 0 Å². The van der Waals surface area contributed by atoms with Crippen LogP contribution in [0.15, 0.2) is 28.0 Å². The Labute approximate surface area is 155 Å². The van der Waals surface area contributed by atoms with E-state index in [1.165, 1.54) is 20.2 Å². The minimum absolute atomic E-state index is 0.00521. The van der Waals surface area contributed by atoms with E-state index in [0.29, 0.717) is 0 Å². The predicted octanol–water partition coefficient (Wildman–Crippen LogP) is 1.12. The van der Waals surface area contributed by atoms with E-state index < -0.39 is 34.6 Å². The number of aromatic nitrogens is 5. The molecule has 0 radical (unpaired) electrons. The average molecular weight is 396 g/mol. The SMILES string of the molecule is CCn1cc(C(=O)Nc2cnc3c(c2)c(=O)n(C)c(=O)n3C)c(C(F)(F)F)n1. The molecule has 0 saturated heterocycles. The molecule has 0 atom stereocenters. The van der Waals surface area contributed by atoms with Gasteiger partial charge in [-0.1, -0.05) is 0 Å². The van der Waals surface area contributed by atoms with Crippen LogP contribution >= 0.6 is 0 Å². The predicted molar refractivity (Wildman–Crippen MR) is 93.1 cm³/mol. The van der Waals surface area contributed by atoms with Gasteiger partial charge in [0.2, 0.25) is 0 Å². The largest absolute Gasteiger partial charge is 0.435 e. The van der Waals surface area contributed by atoms with Crippen molar-refractivity contribution in [2.24, 2.45) is 14.1 Å². The van der Waals surface area contributed by atoms with Gasteiger partial charge in [-0.2, -0.15) is 18.3 Å². The van der Waals surface area contributed by atoms with E-state index in [-0.39, 0.29) is 23.3 Å². The number of hydrogen-bond acceptors (Lipinski definition) is 5. The Morgan fingerprint density at radius 3 is 2.50 bits per heavy atom. The maximum absolute atomic E-state index is 13.1. The number of halogens is 3. The molecule has 0 fully saturated rings. The van der Waals surface area contributed by atoms with Crippen LogP contribution in [-0.2, 0) is 26.8 Å². The van der Waals surface area contributed by atoms with E-state index in [9.17, 15) is 27.6 Å². The lowest BCUT2D eigenvalue weighted by molar-refractivity contribution is -0.141. The second-order valence-electron chi connectivity index (χ2n) is 6.00. The number of amides is 1. The zero-order valence-corrected chi connectivity index (χ0v) is 15.0. The third-order valence-corrected chi connectivity index (χ3v) is 4.15. The standard InChI is InChI=1S/C16H15F3N6O3/c1-4-25-7-10(11(22-25)16(17,18)19)13(26)21-8-5-9-12(20-6-8)23(2)15(28)24(3)14(9)27/h5-7H,4H2,1-3H3,(H,21,26). The molecule has 0 bridgehead atoms. The summed E-state index contributed by atoms with van der Waals surface area (Å²) in [5.41, 5.74) is -3.09. The van der Waals surface area contributed by atoms with Crippen LogP contribution in [0.25, 0.3) is 11.0 Å². The van der Waals surface area contributed by atoms with Crippen LogP contribution in [0, 0.1) is 0 Å². The number of aryl methyl sites for hydroxylation is 2. The third-order valence-electron chi connectivity index (χ3n) is 4.15. The van der Waals surface area contributed by atoms with E-state index in [1.807, 2.05) is 0 Å². The second kappa shape index (κ2) is 6.62. The summed E-state index contributed by atoms with van der Waals surface area (Å²) in [5, 5.41) is 5.70. The Bertz CT molecular complexity index is 1210. The highest BCUT2D eigenvalue weighted by atomic mass is 19.4. The number of carbonyl (C=O) groups is 1. The van der Waals surface area contributed by atoms with Gasteiger partial charge >= 0.3 is 11.9 Å². The normalized spacial score (nSPS) is 11.8. The first-order chi connectivity index (χ1) is 13.0. The maximum Gasteiger partial charge on any atom is 0.435 e. The highest BCUT2D eigenvalue weighted by Crippen LogP contribution is 2.31. The number of nitrogens with zero attached hydrogens (tertiary/aromatic N) is 5. The summed E-state index contributed by atoms with van der Waals surface area (Å²) in [4.78, 5) is 40.5. The van der Waals surface area contributed by atoms with Crippen LogP contribution in [0.2, 0.25) is 0 Å². The summed E-state index contributed by atoms with van der Waals surface area (Å²) in [5.74, 6) is -1.05. The highest BCUT2D eigenvalue weighted by molar-refractivity contribution is 6.05. The van der Waals surface area contributed by atoms with Gasteiger partial charge in [-0.3, -0.25) is 23.4 Å². The average Bonchev–Trinajstić information content (AvgIpc) is 3.10. The van der Waals surface area contributed by atoms with Crippen molar-refractivity contribution in [3.8, 4) is 0 Å². The molecule has 28 heavy (non-hydrogen) atoms. The van der Waals surface area contributed by atoms with Crippen molar-refractivity contribution < 1.29 is 18.0 Å². The van der Waals surface area contributed by atoms with Crippen molar-refractivity contribution >= 4 is 22.6 Å². The number of hydrogen-bond donors (Lipinski definition) is 1. The molecule has 1 amide bonds. The van der Waals surface area contributed by atoms with E-state index in [0.717, 1.165) is 26.2 Å². The summed E-state index contributed by atoms with van der Waals surface area (Å²) in [6.07, 6.45) is -2.66. The molecule has 0 aliphatic rings. The van der Waals surface area contributed by atoms with Crippen molar-refractivity contribution in [3.05, 3.63) is 50.6 Å². The molecule has 9 nitrogen and oxygen atoms in total. The van der Waals surface area contributed by atoms with E-state index >= 15 is 0 Å². The molecule has 3 aromatic heterocycles. The third kappa shape index (κ3) is 3.17. The monoisotopic (exact) mass is 396 g/mol. The molecule has 3 aromatic rings. The van der Waals surface area contributed by atoms with Gasteiger partial charge in [-0.05, 0) is 13.0 Å². The van der Waals surface area contributed by atoms with E-state index in [2.05, 4.69) is 15.4 Å². The summed E-state index contributed by atoms with van der Waals surface area (Å²) >= 11 is 0. The number of carbonyl (C=O) groups excluding carboxylic acids is 1. The minimum atomic E-state index is -4.80. The number of pyridine rings is 1. The van der Waals surface area contributed by atoms with Crippen LogP contribution in [0.1, 0.15) is 23.0 Å². The first-order valence-corrected chi connectivity index (χ1v) is 8.06. The molecule has 0 saturated carbocycles. The lowest BCUT2D eigenvalue weighted by atomic mass is 10.2. The Hall–Kier alpha value is -3.44. The van der Waals surface area contributed by atoms with E-state index in [1.54, 1.807) is 6.92 Å². The van der Waals surface area contributed by atoms with Crippen molar-refractivity contribution in [2.75, 3.05) is 5.32 Å². The molecule has 0 aromatic carbocycles. The Kier molecular flexibility index (Phi) is 4.57. The summed E-state index contributed by atoms with van der Waals surface area (Å²) in [7, 11) is 2.70. The van der Waals surface area contributed by atoms with Crippen molar-refractivity contribution in [3.63, 3.8) is 0 Å². The Morgan fingerprint density at radius 1 is 1.21 bits per heavy atom. The molecule has 148 valence electrons. The van der Waals surface area contributed by atoms with Crippen molar-refractivity contribution in [1.82, 2.24) is 23.9 Å². The van der Waals surface area contributed by atoms with Gasteiger partial charge in [0.25, 0.3) is 11.5 Å². The second-order valence-corrected chi connectivity index (χ2v) is 6.00. The van der Waals surface area contributed by atoms with Crippen LogP contribution in [-0.4, -0.2) is 29.8 Å². The van der Waals surface area contributed by atoms with Gasteiger partial charge < -0.3 is 5.32 Å². The molecule has 0 spiro atoms. The van der Waals surface area contributed by atoms with Crippen molar-refractivity contribution in [2.45, 2.75) is 19.6 Å². The Morgan fingerprint density at radius 2 is 1.89 bits per heavy atom. The Balaban J connectivity index is 2.04. The molecule has 3 rings (SSSR count). The lowest BCUT2D eigenvalue weighted by Gasteiger charge is -2.09. The topological polar surface area (TPSA) is 104 Å². The zero-order chi connectivity index (χ0) is 20.8. The summed E-state index contributed by atoms with van der Waals surface area (Å²) in [6.45, 7) is 1.74. The van der Waals surface area contributed by atoms with Crippen LogP contribution < -0.4 is 16.6 Å². The fourth-order valence-electron chi connectivity index (χ4n) is 2.69. The van der Waals surface area contributed by atoms with Gasteiger partial charge in [0, 0.05) is 26.8 Å². The number of nitrogens with one attached hydrogen (secondary N) is 1. The smallest absolute Gasteiger partial charge is 0.320 e. The lowest BCUT2D eigenvalue weighted by Crippen LogP contribution is -2.37. The van der Waals surface area contributed by atoms with E-state index in [4.69, 9.17) is 0 Å². The molecular weight excluding hydrogens is 381 g/mol. The van der Waals surface area contributed by atoms with Crippen molar-refractivity contribution in [1.29, 1.82) is 0 Å². The fourth-order valence-corrected chi connectivity index (χ4v) is 2.69. The first-order valence-electron chi connectivity index (χ1n) is 8.06. The number of alkyl halides is 3. The van der Waals surface area contributed by atoms with Gasteiger partial charge in [0.1, 0.15) is 5.65 Å².